The van der Waals surface area contributed by atoms with Gasteiger partial charge in [0, 0.05) is 28.1 Å². The molecule has 3 aromatic rings. The zero-order chi connectivity index (χ0) is 14.1. The van der Waals surface area contributed by atoms with Gasteiger partial charge in [0.05, 0.1) is 5.69 Å². The lowest BCUT2D eigenvalue weighted by Crippen LogP contribution is -2.00. The van der Waals surface area contributed by atoms with Crippen LogP contribution in [0.4, 0.5) is 5.69 Å². The molecule has 1 aromatic carbocycles. The van der Waals surface area contributed by atoms with Crippen LogP contribution in [0.5, 0.6) is 0 Å². The minimum atomic E-state index is 0.719. The molecule has 0 fully saturated rings. The fourth-order valence-electron chi connectivity index (χ4n) is 2.04. The molecular weight excluding hydrogens is 316 g/mol. The van der Waals surface area contributed by atoms with E-state index in [2.05, 4.69) is 25.9 Å². The van der Waals surface area contributed by atoms with Gasteiger partial charge in [-0.15, -0.1) is 0 Å². The van der Waals surface area contributed by atoms with Gasteiger partial charge in [-0.25, -0.2) is 9.97 Å². The molecule has 0 aliphatic heterocycles. The quantitative estimate of drug-likeness (QED) is 0.731. The Hall–Kier alpha value is -2.14. The van der Waals surface area contributed by atoms with Crippen LogP contribution in [-0.4, -0.2) is 14.5 Å². The van der Waals surface area contributed by atoms with Crippen LogP contribution in [0.25, 0.3) is 17.2 Å². The zero-order valence-electron chi connectivity index (χ0n) is 10.9. The monoisotopic (exact) mass is 328 g/mol. The number of nitrogens with zero attached hydrogens (tertiary/aromatic N) is 3. The van der Waals surface area contributed by atoms with Crippen molar-refractivity contribution in [1.29, 1.82) is 0 Å². The Kier molecular flexibility index (Phi) is 3.28. The van der Waals surface area contributed by atoms with Gasteiger partial charge in [-0.05, 0) is 47.1 Å². The molecular formula is C15H13BrN4. The average molecular weight is 329 g/mol. The minimum Gasteiger partial charge on any atom is -0.399 e. The number of nitrogen functional groups attached to an aromatic ring is 1. The van der Waals surface area contributed by atoms with Crippen LogP contribution in [0.15, 0.2) is 53.3 Å². The van der Waals surface area contributed by atoms with Crippen molar-refractivity contribution in [1.82, 2.24) is 14.5 Å². The number of pyridine rings is 1. The predicted molar refractivity (Wildman–Crippen MR) is 83.6 cm³/mol. The second-order valence-electron chi connectivity index (χ2n) is 4.48. The van der Waals surface area contributed by atoms with E-state index in [9.17, 15) is 0 Å². The molecule has 0 saturated heterocycles. The number of hydrogen-bond donors (Lipinski definition) is 1. The molecule has 2 N–H and O–H groups in total. The van der Waals surface area contributed by atoms with Gasteiger partial charge in [0.1, 0.15) is 11.6 Å². The first-order valence-electron chi connectivity index (χ1n) is 6.18. The van der Waals surface area contributed by atoms with Crippen LogP contribution in [0, 0.1) is 6.92 Å². The van der Waals surface area contributed by atoms with Crippen molar-refractivity contribution < 1.29 is 0 Å². The number of imidazole rings is 1. The normalized spacial score (nSPS) is 10.7. The molecule has 0 aliphatic rings. The first kappa shape index (κ1) is 12.9. The summed E-state index contributed by atoms with van der Waals surface area (Å²) in [5.74, 6) is 1.66. The minimum absolute atomic E-state index is 0.719. The number of anilines is 1. The molecule has 0 saturated carbocycles. The van der Waals surface area contributed by atoms with Crippen molar-refractivity contribution in [3.8, 4) is 17.2 Å². The molecule has 100 valence electrons. The highest BCUT2D eigenvalue weighted by Crippen LogP contribution is 2.23. The third-order valence-corrected chi connectivity index (χ3v) is 3.88. The van der Waals surface area contributed by atoms with Gasteiger partial charge in [0.2, 0.25) is 0 Å². The lowest BCUT2D eigenvalue weighted by Gasteiger charge is -2.09. The van der Waals surface area contributed by atoms with E-state index in [1.807, 2.05) is 54.1 Å². The van der Waals surface area contributed by atoms with E-state index in [1.165, 1.54) is 0 Å². The maximum atomic E-state index is 5.84. The molecule has 5 heteroatoms. The van der Waals surface area contributed by atoms with Crippen LogP contribution >= 0.6 is 15.9 Å². The van der Waals surface area contributed by atoms with Gasteiger partial charge in [-0.1, -0.05) is 12.1 Å². The highest BCUT2D eigenvalue weighted by Gasteiger charge is 2.09. The summed E-state index contributed by atoms with van der Waals surface area (Å²) in [5, 5.41) is 0. The number of hydrogen-bond acceptors (Lipinski definition) is 3. The fourth-order valence-corrected chi connectivity index (χ4v) is 2.27. The summed E-state index contributed by atoms with van der Waals surface area (Å²) in [5.41, 5.74) is 8.47. The van der Waals surface area contributed by atoms with Crippen molar-refractivity contribution >= 4 is 21.6 Å². The number of aryl methyl sites for hydroxylation is 1. The van der Waals surface area contributed by atoms with E-state index in [4.69, 9.17) is 5.73 Å². The standard InChI is InChI=1S/C15H13BrN4/c1-10-13(16)5-6-14(19-10)20-8-7-18-15(20)11-3-2-4-12(17)9-11/h2-9H,17H2,1H3. The lowest BCUT2D eigenvalue weighted by molar-refractivity contribution is 0.980. The number of nitrogens with two attached hydrogens (primary N) is 1. The third-order valence-electron chi connectivity index (χ3n) is 3.04. The molecule has 0 atom stereocenters. The number of aromatic nitrogens is 3. The highest BCUT2D eigenvalue weighted by atomic mass is 79.9. The van der Waals surface area contributed by atoms with E-state index < -0.39 is 0 Å². The van der Waals surface area contributed by atoms with Crippen molar-refractivity contribution in [3.63, 3.8) is 0 Å². The summed E-state index contributed by atoms with van der Waals surface area (Å²) < 4.78 is 2.95. The topological polar surface area (TPSA) is 56.7 Å². The Morgan fingerprint density at radius 1 is 1.20 bits per heavy atom. The van der Waals surface area contributed by atoms with Gasteiger partial charge < -0.3 is 5.73 Å². The molecule has 0 bridgehead atoms. The Labute approximate surface area is 125 Å². The maximum Gasteiger partial charge on any atom is 0.145 e. The van der Waals surface area contributed by atoms with Gasteiger partial charge in [0.15, 0.2) is 0 Å². The van der Waals surface area contributed by atoms with Crippen LogP contribution in [0.3, 0.4) is 0 Å². The molecule has 20 heavy (non-hydrogen) atoms. The first-order valence-corrected chi connectivity index (χ1v) is 6.97. The second kappa shape index (κ2) is 5.09. The van der Waals surface area contributed by atoms with Crippen molar-refractivity contribution in [2.24, 2.45) is 0 Å². The Morgan fingerprint density at radius 3 is 2.80 bits per heavy atom. The molecule has 0 radical (unpaired) electrons. The summed E-state index contributed by atoms with van der Waals surface area (Å²) in [7, 11) is 0. The zero-order valence-corrected chi connectivity index (χ0v) is 12.5. The molecule has 3 rings (SSSR count). The molecule has 2 heterocycles. The van der Waals surface area contributed by atoms with Gasteiger partial charge >= 0.3 is 0 Å². The summed E-state index contributed by atoms with van der Waals surface area (Å²) in [6.45, 7) is 1.96. The summed E-state index contributed by atoms with van der Waals surface area (Å²) in [4.78, 5) is 8.98. The van der Waals surface area contributed by atoms with E-state index in [1.54, 1.807) is 6.20 Å². The smallest absolute Gasteiger partial charge is 0.145 e. The predicted octanol–water partition coefficient (Wildman–Crippen LogP) is 3.59. The molecule has 0 aliphatic carbocycles. The summed E-state index contributed by atoms with van der Waals surface area (Å²) in [6.07, 6.45) is 3.66. The molecule has 2 aromatic heterocycles. The second-order valence-corrected chi connectivity index (χ2v) is 5.34. The van der Waals surface area contributed by atoms with Crippen LogP contribution < -0.4 is 5.73 Å². The number of rotatable bonds is 2. The van der Waals surface area contributed by atoms with E-state index >= 15 is 0 Å². The van der Waals surface area contributed by atoms with E-state index in [0.29, 0.717) is 0 Å². The fraction of sp³-hybridized carbons (Fsp3) is 0.0667. The van der Waals surface area contributed by atoms with Crippen molar-refractivity contribution in [3.05, 3.63) is 59.0 Å². The average Bonchev–Trinajstić information content (AvgIpc) is 2.91. The molecule has 4 nitrogen and oxygen atoms in total. The van der Waals surface area contributed by atoms with Crippen LogP contribution in [0.2, 0.25) is 0 Å². The van der Waals surface area contributed by atoms with E-state index in [-0.39, 0.29) is 0 Å². The summed E-state index contributed by atoms with van der Waals surface area (Å²) >= 11 is 3.46. The first-order chi connectivity index (χ1) is 9.65. The number of halogens is 1. The maximum absolute atomic E-state index is 5.84. The van der Waals surface area contributed by atoms with Gasteiger partial charge in [0.25, 0.3) is 0 Å². The Bertz CT molecular complexity index is 764. The largest absolute Gasteiger partial charge is 0.399 e. The molecule has 0 unspecified atom stereocenters. The SMILES string of the molecule is Cc1nc(-n2ccnc2-c2cccc(N)c2)ccc1Br. The van der Waals surface area contributed by atoms with Crippen molar-refractivity contribution in [2.75, 3.05) is 5.73 Å². The van der Waals surface area contributed by atoms with Crippen molar-refractivity contribution in [2.45, 2.75) is 6.92 Å². The summed E-state index contributed by atoms with van der Waals surface area (Å²) in [6, 6.07) is 11.6. The third kappa shape index (κ3) is 2.32. The Morgan fingerprint density at radius 2 is 2.05 bits per heavy atom. The van der Waals surface area contributed by atoms with Crippen LogP contribution in [0.1, 0.15) is 5.69 Å². The van der Waals surface area contributed by atoms with Gasteiger partial charge in [-0.3, -0.25) is 4.57 Å². The Balaban J connectivity index is 2.12. The molecule has 0 amide bonds. The van der Waals surface area contributed by atoms with Gasteiger partial charge in [-0.2, -0.15) is 0 Å². The lowest BCUT2D eigenvalue weighted by atomic mass is 10.2. The van der Waals surface area contributed by atoms with E-state index in [0.717, 1.165) is 33.1 Å². The number of benzene rings is 1. The highest BCUT2D eigenvalue weighted by molar-refractivity contribution is 9.10. The van der Waals surface area contributed by atoms with Crippen LogP contribution in [-0.2, 0) is 0 Å². The molecule has 0 spiro atoms.